The van der Waals surface area contributed by atoms with Crippen molar-refractivity contribution in [2.45, 2.75) is 0 Å². The molecule has 5 heterocycles. The number of hydrogen-bond acceptors (Lipinski definition) is 8. The molecule has 11 aromatic rings. The minimum Gasteiger partial charge on any atom is -0.456 e. The molecule has 0 fully saturated rings. The highest BCUT2D eigenvalue weighted by Crippen LogP contribution is 2.46. The van der Waals surface area contributed by atoms with Gasteiger partial charge in [0, 0.05) is 69.4 Å². The Morgan fingerprint density at radius 3 is 1.55 bits per heavy atom. The average molecular weight is 721 g/mol. The quantitative estimate of drug-likeness (QED) is 0.167. The molecule has 0 spiro atoms. The first kappa shape index (κ1) is 31.7. The summed E-state index contributed by atoms with van der Waals surface area (Å²) in [5.74, 6) is 2.30. The Labute approximate surface area is 319 Å². The molecule has 0 radical (unpaired) electrons. The molecule has 0 saturated carbocycles. The van der Waals surface area contributed by atoms with Crippen molar-refractivity contribution in [2.24, 2.45) is 0 Å². The second-order valence-corrected chi connectivity index (χ2v) is 13.5. The lowest BCUT2D eigenvalue weighted by Crippen LogP contribution is -2.00. The Morgan fingerprint density at radius 1 is 0.357 bits per heavy atom. The molecule has 262 valence electrons. The molecule has 0 aliphatic rings. The summed E-state index contributed by atoms with van der Waals surface area (Å²) < 4.78 is 12.9. The molecule has 0 aliphatic heterocycles. The third-order valence-electron chi connectivity index (χ3n) is 10.2. The predicted molar refractivity (Wildman–Crippen MR) is 220 cm³/mol. The number of fused-ring (bicyclic) bond motifs is 5. The number of hydrogen-bond donors (Lipinski definition) is 0. The van der Waals surface area contributed by atoms with Crippen molar-refractivity contribution < 1.29 is 8.83 Å². The summed E-state index contributed by atoms with van der Waals surface area (Å²) >= 11 is 0. The van der Waals surface area contributed by atoms with Crippen molar-refractivity contribution in [3.63, 3.8) is 0 Å². The lowest BCUT2D eigenvalue weighted by atomic mass is 9.89. The van der Waals surface area contributed by atoms with Crippen LogP contribution in [0, 0.1) is 0 Å². The zero-order valence-corrected chi connectivity index (χ0v) is 29.7. The van der Waals surface area contributed by atoms with Gasteiger partial charge in [0.05, 0.1) is 0 Å². The fraction of sp³-hybridized carbons (Fsp3) is 0. The third-order valence-corrected chi connectivity index (χ3v) is 10.2. The summed E-state index contributed by atoms with van der Waals surface area (Å²) in [6, 6.07) is 49.1. The number of rotatable bonds is 6. The number of oxazole rings is 1. The highest BCUT2D eigenvalue weighted by Gasteiger charge is 2.23. The highest BCUT2D eigenvalue weighted by atomic mass is 16.4. The van der Waals surface area contributed by atoms with E-state index < -0.39 is 0 Å². The van der Waals surface area contributed by atoms with Crippen LogP contribution in [-0.4, -0.2) is 29.9 Å². The van der Waals surface area contributed by atoms with Gasteiger partial charge >= 0.3 is 0 Å². The Kier molecular flexibility index (Phi) is 7.31. The maximum absolute atomic E-state index is 6.45. The van der Waals surface area contributed by atoms with Crippen molar-refractivity contribution in [3.8, 4) is 67.9 Å². The monoisotopic (exact) mass is 720 g/mol. The topological polar surface area (TPSA) is 104 Å². The molecule has 0 unspecified atom stereocenters. The van der Waals surface area contributed by atoms with E-state index in [0.717, 1.165) is 82.7 Å². The molecule has 0 atom stereocenters. The minimum absolute atomic E-state index is 0.568. The Morgan fingerprint density at radius 2 is 0.893 bits per heavy atom. The average Bonchev–Trinajstić information content (AvgIpc) is 3.88. The van der Waals surface area contributed by atoms with Gasteiger partial charge < -0.3 is 8.83 Å². The van der Waals surface area contributed by atoms with E-state index in [9.17, 15) is 0 Å². The Hall–Kier alpha value is -7.84. The van der Waals surface area contributed by atoms with Gasteiger partial charge in [-0.25, -0.2) is 19.9 Å². The van der Waals surface area contributed by atoms with E-state index in [4.69, 9.17) is 28.8 Å². The van der Waals surface area contributed by atoms with Gasteiger partial charge in [-0.2, -0.15) is 0 Å². The van der Waals surface area contributed by atoms with Crippen LogP contribution < -0.4 is 0 Å². The van der Waals surface area contributed by atoms with Crippen molar-refractivity contribution in [1.82, 2.24) is 29.9 Å². The third kappa shape index (κ3) is 5.31. The zero-order valence-electron chi connectivity index (χ0n) is 29.7. The minimum atomic E-state index is 0.568. The molecule has 0 bridgehead atoms. The van der Waals surface area contributed by atoms with Gasteiger partial charge in [-0.15, -0.1) is 0 Å². The summed E-state index contributed by atoms with van der Waals surface area (Å²) in [6.45, 7) is 0. The van der Waals surface area contributed by atoms with Crippen molar-refractivity contribution in [2.75, 3.05) is 0 Å². The summed E-state index contributed by atoms with van der Waals surface area (Å²) in [6.07, 6.45) is 6.96. The molecule has 11 rings (SSSR count). The first-order valence-electron chi connectivity index (χ1n) is 18.3. The van der Waals surface area contributed by atoms with Crippen LogP contribution in [0.2, 0.25) is 0 Å². The Bertz CT molecular complexity index is 3180. The molecule has 6 aromatic carbocycles. The van der Waals surface area contributed by atoms with Gasteiger partial charge in [-0.1, -0.05) is 97.1 Å². The van der Waals surface area contributed by atoms with Crippen molar-refractivity contribution in [1.29, 1.82) is 0 Å². The van der Waals surface area contributed by atoms with E-state index in [0.29, 0.717) is 28.9 Å². The number of para-hydroxylation sites is 1. The van der Waals surface area contributed by atoms with E-state index in [1.807, 2.05) is 78.9 Å². The molecule has 0 N–H and O–H groups in total. The van der Waals surface area contributed by atoms with Gasteiger partial charge in [-0.3, -0.25) is 9.97 Å². The van der Waals surface area contributed by atoms with Crippen molar-refractivity contribution >= 4 is 43.8 Å². The summed E-state index contributed by atoms with van der Waals surface area (Å²) in [7, 11) is 0. The van der Waals surface area contributed by atoms with Gasteiger partial charge in [0.25, 0.3) is 0 Å². The largest absolute Gasteiger partial charge is 0.456 e. The lowest BCUT2D eigenvalue weighted by Gasteiger charge is -2.14. The van der Waals surface area contributed by atoms with Gasteiger partial charge in [0.2, 0.25) is 5.89 Å². The summed E-state index contributed by atoms with van der Waals surface area (Å²) in [5, 5.41) is 4.25. The fourth-order valence-electron chi connectivity index (χ4n) is 7.57. The standard InChI is InChI=1S/C48H28N6O2/c1-2-8-33(9-3-1)48-51-44-41(56-48)28-40-42(38-12-6-7-13-39(38)55-40)43(44)37-19-18-34(35-10-4-5-11-36(35)37)29-14-16-30(17-15-29)45-52-46(31-20-24-49-25-21-31)54-47(53-45)32-22-26-50-27-23-32/h1-28H. The summed E-state index contributed by atoms with van der Waals surface area (Å²) in [4.78, 5) is 28.1. The molecular formula is C48H28N6O2. The molecule has 0 amide bonds. The van der Waals surface area contributed by atoms with Crippen LogP contribution in [0.25, 0.3) is 112 Å². The van der Waals surface area contributed by atoms with E-state index in [2.05, 4.69) is 76.7 Å². The lowest BCUT2D eigenvalue weighted by molar-refractivity contribution is 0.617. The SMILES string of the molecule is c1ccc(-c2nc3c(-c4ccc(-c5ccc(-c6nc(-c7ccncc7)nc(-c7ccncc7)n6)cc5)c5ccccc45)c4c(cc3o2)oc2ccccc24)cc1. The summed E-state index contributed by atoms with van der Waals surface area (Å²) in [5.41, 5.74) is 10.8. The van der Waals surface area contributed by atoms with E-state index in [1.54, 1.807) is 24.8 Å². The molecule has 56 heavy (non-hydrogen) atoms. The number of aromatic nitrogens is 6. The number of pyridine rings is 2. The molecule has 8 nitrogen and oxygen atoms in total. The fourth-order valence-corrected chi connectivity index (χ4v) is 7.57. The molecule has 0 aliphatic carbocycles. The number of nitrogens with zero attached hydrogens (tertiary/aromatic N) is 6. The predicted octanol–water partition coefficient (Wildman–Crippen LogP) is 11.9. The molecule has 0 saturated heterocycles. The van der Waals surface area contributed by atoms with Crippen LogP contribution in [-0.2, 0) is 0 Å². The van der Waals surface area contributed by atoms with Gasteiger partial charge in [0.1, 0.15) is 16.7 Å². The van der Waals surface area contributed by atoms with E-state index >= 15 is 0 Å². The first-order chi connectivity index (χ1) is 27.7. The van der Waals surface area contributed by atoms with Crippen LogP contribution in [0.1, 0.15) is 0 Å². The van der Waals surface area contributed by atoms with Crippen LogP contribution >= 0.6 is 0 Å². The van der Waals surface area contributed by atoms with E-state index in [1.165, 1.54) is 0 Å². The second kappa shape index (κ2) is 12.9. The van der Waals surface area contributed by atoms with Gasteiger partial charge in [0.15, 0.2) is 23.1 Å². The second-order valence-electron chi connectivity index (χ2n) is 13.5. The smallest absolute Gasteiger partial charge is 0.227 e. The van der Waals surface area contributed by atoms with E-state index in [-0.39, 0.29) is 0 Å². The van der Waals surface area contributed by atoms with Crippen LogP contribution in [0.3, 0.4) is 0 Å². The normalized spacial score (nSPS) is 11.6. The van der Waals surface area contributed by atoms with Crippen molar-refractivity contribution in [3.05, 3.63) is 170 Å². The maximum Gasteiger partial charge on any atom is 0.227 e. The Balaban J connectivity index is 1.06. The maximum atomic E-state index is 6.45. The van der Waals surface area contributed by atoms with Crippen LogP contribution in [0.4, 0.5) is 0 Å². The highest BCUT2D eigenvalue weighted by molar-refractivity contribution is 6.22. The zero-order chi connectivity index (χ0) is 37.0. The number of benzene rings is 6. The first-order valence-corrected chi connectivity index (χ1v) is 18.3. The van der Waals surface area contributed by atoms with Gasteiger partial charge in [-0.05, 0) is 69.9 Å². The van der Waals surface area contributed by atoms with Crippen LogP contribution in [0.15, 0.2) is 179 Å². The molecule has 5 aromatic heterocycles. The van der Waals surface area contributed by atoms with Crippen LogP contribution in [0.5, 0.6) is 0 Å². The number of furan rings is 1. The molecule has 8 heteroatoms. The molecular weight excluding hydrogens is 693 g/mol.